The zero-order chi connectivity index (χ0) is 15.8. The molecule has 1 fully saturated rings. The maximum Gasteiger partial charge on any atom is 0.163 e. The van der Waals surface area contributed by atoms with Gasteiger partial charge in [0.15, 0.2) is 5.65 Å². The highest BCUT2D eigenvalue weighted by atomic mass is 35.5. The Bertz CT molecular complexity index is 820. The number of hydrogen-bond donors (Lipinski definition) is 0. The van der Waals surface area contributed by atoms with Crippen molar-refractivity contribution in [1.29, 1.82) is 0 Å². The minimum absolute atomic E-state index is 0.681. The first-order valence-corrected chi connectivity index (χ1v) is 8.74. The second-order valence-corrected chi connectivity index (χ2v) is 7.53. The lowest BCUT2D eigenvalue weighted by Crippen LogP contribution is -2.44. The first kappa shape index (κ1) is 14.9. The summed E-state index contributed by atoms with van der Waals surface area (Å²) in [7, 11) is 2.15. The van der Waals surface area contributed by atoms with E-state index in [4.69, 9.17) is 11.6 Å². The van der Waals surface area contributed by atoms with E-state index in [1.807, 2.05) is 23.0 Å². The maximum absolute atomic E-state index is 6.01. The van der Waals surface area contributed by atoms with Gasteiger partial charge in [-0.25, -0.2) is 14.6 Å². The summed E-state index contributed by atoms with van der Waals surface area (Å²) in [5.74, 6) is 0.985. The number of piperazine rings is 1. The molecule has 0 bridgehead atoms. The summed E-state index contributed by atoms with van der Waals surface area (Å²) in [6, 6.07) is 3.95. The molecule has 0 amide bonds. The molecule has 0 aliphatic carbocycles. The normalized spacial score (nSPS) is 16.3. The molecule has 0 radical (unpaired) electrons. The van der Waals surface area contributed by atoms with Crippen molar-refractivity contribution in [1.82, 2.24) is 24.6 Å². The number of halogens is 1. The van der Waals surface area contributed by atoms with Gasteiger partial charge in [-0.1, -0.05) is 11.6 Å². The summed E-state index contributed by atoms with van der Waals surface area (Å²) < 4.78 is 2.71. The van der Waals surface area contributed by atoms with Crippen LogP contribution in [0.1, 0.15) is 4.88 Å². The van der Waals surface area contributed by atoms with Crippen LogP contribution in [0.2, 0.25) is 4.34 Å². The lowest BCUT2D eigenvalue weighted by atomic mass is 10.3. The molecular formula is C15H17ClN6S. The summed E-state index contributed by atoms with van der Waals surface area (Å²) in [5.41, 5.74) is 0.874. The smallest absolute Gasteiger partial charge is 0.163 e. The van der Waals surface area contributed by atoms with Crippen LogP contribution in [0, 0.1) is 0 Å². The monoisotopic (exact) mass is 348 g/mol. The Kier molecular flexibility index (Phi) is 3.92. The molecule has 1 aliphatic rings. The number of fused-ring (bicyclic) bond motifs is 1. The van der Waals surface area contributed by atoms with E-state index in [0.717, 1.165) is 47.4 Å². The average molecular weight is 349 g/mol. The van der Waals surface area contributed by atoms with Gasteiger partial charge in [-0.15, -0.1) is 11.3 Å². The zero-order valence-corrected chi connectivity index (χ0v) is 14.4. The summed E-state index contributed by atoms with van der Waals surface area (Å²) in [5, 5.41) is 5.52. The number of nitrogens with zero attached hydrogens (tertiary/aromatic N) is 6. The molecule has 0 spiro atoms. The number of thiophene rings is 1. The van der Waals surface area contributed by atoms with Crippen LogP contribution in [0.3, 0.4) is 0 Å². The van der Waals surface area contributed by atoms with Gasteiger partial charge in [0, 0.05) is 31.1 Å². The van der Waals surface area contributed by atoms with Gasteiger partial charge in [-0.3, -0.25) is 0 Å². The maximum atomic E-state index is 6.01. The molecule has 6 nitrogen and oxygen atoms in total. The molecule has 23 heavy (non-hydrogen) atoms. The van der Waals surface area contributed by atoms with Crippen LogP contribution in [0.25, 0.3) is 11.0 Å². The molecule has 8 heteroatoms. The predicted octanol–water partition coefficient (Wildman–Crippen LogP) is 2.34. The topological polar surface area (TPSA) is 50.1 Å². The molecule has 0 unspecified atom stereocenters. The van der Waals surface area contributed by atoms with Crippen molar-refractivity contribution < 1.29 is 0 Å². The lowest BCUT2D eigenvalue weighted by Gasteiger charge is -2.33. The van der Waals surface area contributed by atoms with E-state index in [-0.39, 0.29) is 0 Å². The Morgan fingerprint density at radius 3 is 2.74 bits per heavy atom. The lowest BCUT2D eigenvalue weighted by molar-refractivity contribution is 0.312. The zero-order valence-electron chi connectivity index (χ0n) is 12.8. The highest BCUT2D eigenvalue weighted by Crippen LogP contribution is 2.26. The molecular weight excluding hydrogens is 332 g/mol. The van der Waals surface area contributed by atoms with Crippen LogP contribution in [-0.2, 0) is 6.54 Å². The highest BCUT2D eigenvalue weighted by molar-refractivity contribution is 7.16. The largest absolute Gasteiger partial charge is 0.353 e. The number of aromatic nitrogens is 4. The Balaban J connectivity index is 1.66. The molecule has 0 N–H and O–H groups in total. The fourth-order valence-electron chi connectivity index (χ4n) is 2.85. The van der Waals surface area contributed by atoms with Crippen molar-refractivity contribution in [2.45, 2.75) is 6.54 Å². The van der Waals surface area contributed by atoms with Gasteiger partial charge in [0.25, 0.3) is 0 Å². The van der Waals surface area contributed by atoms with Crippen LogP contribution >= 0.6 is 22.9 Å². The molecule has 4 rings (SSSR count). The second-order valence-electron chi connectivity index (χ2n) is 5.73. The van der Waals surface area contributed by atoms with Crippen molar-refractivity contribution in [2.24, 2.45) is 0 Å². The molecule has 120 valence electrons. The van der Waals surface area contributed by atoms with E-state index >= 15 is 0 Å². The van der Waals surface area contributed by atoms with Crippen molar-refractivity contribution in [3.63, 3.8) is 0 Å². The fourth-order valence-corrected chi connectivity index (χ4v) is 3.92. The van der Waals surface area contributed by atoms with Crippen LogP contribution in [0.15, 0.2) is 24.7 Å². The van der Waals surface area contributed by atoms with Crippen molar-refractivity contribution >= 4 is 39.8 Å². The van der Waals surface area contributed by atoms with Crippen LogP contribution in [0.4, 0.5) is 5.82 Å². The Hall–Kier alpha value is -1.70. The van der Waals surface area contributed by atoms with Gasteiger partial charge in [0.05, 0.1) is 22.5 Å². The van der Waals surface area contributed by atoms with E-state index in [1.54, 1.807) is 17.7 Å². The van der Waals surface area contributed by atoms with Gasteiger partial charge < -0.3 is 9.80 Å². The number of likely N-dealkylation sites (N-methyl/N-ethyl adjacent to an activating group) is 1. The number of rotatable bonds is 3. The Morgan fingerprint density at radius 1 is 1.17 bits per heavy atom. The van der Waals surface area contributed by atoms with Gasteiger partial charge in [-0.05, 0) is 19.2 Å². The van der Waals surface area contributed by atoms with E-state index in [9.17, 15) is 0 Å². The molecule has 1 aliphatic heterocycles. The average Bonchev–Trinajstić information content (AvgIpc) is 3.15. The SMILES string of the molecule is CN1CCN(c2ncnc3c2cnn3Cc2ccc(Cl)s2)CC1. The minimum Gasteiger partial charge on any atom is -0.353 e. The quantitative estimate of drug-likeness (QED) is 0.727. The third kappa shape index (κ3) is 2.91. The van der Waals surface area contributed by atoms with Gasteiger partial charge in [0.1, 0.15) is 12.1 Å². The fraction of sp³-hybridized carbons (Fsp3) is 0.400. The molecule has 1 saturated heterocycles. The van der Waals surface area contributed by atoms with E-state index < -0.39 is 0 Å². The highest BCUT2D eigenvalue weighted by Gasteiger charge is 2.19. The Morgan fingerprint density at radius 2 is 2.00 bits per heavy atom. The summed E-state index contributed by atoms with van der Waals surface area (Å²) in [6.07, 6.45) is 3.51. The number of anilines is 1. The second kappa shape index (κ2) is 6.07. The number of hydrogen-bond acceptors (Lipinski definition) is 6. The van der Waals surface area contributed by atoms with Crippen LogP contribution < -0.4 is 4.90 Å². The molecule has 3 aromatic rings. The Labute approximate surface area is 143 Å². The van der Waals surface area contributed by atoms with Crippen LogP contribution in [-0.4, -0.2) is 57.9 Å². The third-order valence-electron chi connectivity index (χ3n) is 4.15. The minimum atomic E-state index is 0.681. The van der Waals surface area contributed by atoms with E-state index in [2.05, 4.69) is 31.9 Å². The van der Waals surface area contributed by atoms with Gasteiger partial charge >= 0.3 is 0 Å². The van der Waals surface area contributed by atoms with Crippen LogP contribution in [0.5, 0.6) is 0 Å². The predicted molar refractivity (Wildman–Crippen MR) is 93.5 cm³/mol. The molecule has 0 atom stereocenters. The first-order valence-electron chi connectivity index (χ1n) is 7.55. The van der Waals surface area contributed by atoms with Crippen molar-refractivity contribution in [3.05, 3.63) is 33.9 Å². The summed E-state index contributed by atoms with van der Waals surface area (Å²) in [4.78, 5) is 14.8. The summed E-state index contributed by atoms with van der Waals surface area (Å²) in [6.45, 7) is 4.74. The molecule has 4 heterocycles. The molecule has 0 aromatic carbocycles. The van der Waals surface area contributed by atoms with Gasteiger partial charge in [-0.2, -0.15) is 5.10 Å². The van der Waals surface area contributed by atoms with Crippen molar-refractivity contribution in [2.75, 3.05) is 38.1 Å². The third-order valence-corrected chi connectivity index (χ3v) is 5.37. The van der Waals surface area contributed by atoms with Gasteiger partial charge in [0.2, 0.25) is 0 Å². The summed E-state index contributed by atoms with van der Waals surface area (Å²) >= 11 is 7.58. The first-order chi connectivity index (χ1) is 11.2. The van der Waals surface area contributed by atoms with E-state index in [1.165, 1.54) is 4.88 Å². The van der Waals surface area contributed by atoms with Crippen molar-refractivity contribution in [3.8, 4) is 0 Å². The van der Waals surface area contributed by atoms with E-state index in [0.29, 0.717) is 6.54 Å². The standard InChI is InChI=1S/C15H17ClN6S/c1-20-4-6-21(7-5-20)14-12-8-19-22(15(12)18-10-17-14)9-11-2-3-13(16)23-11/h2-3,8,10H,4-7,9H2,1H3. The molecule has 0 saturated carbocycles. The molecule has 3 aromatic heterocycles.